The Morgan fingerprint density at radius 2 is 1.91 bits per heavy atom. The second-order valence-corrected chi connectivity index (χ2v) is 7.64. The number of anilines is 2. The fraction of sp³-hybridized carbons (Fsp3) is 0.304. The second kappa shape index (κ2) is 10.7. The summed E-state index contributed by atoms with van der Waals surface area (Å²) in [6, 6.07) is 10.8. The molecule has 0 saturated heterocycles. The zero-order valence-corrected chi connectivity index (χ0v) is 19.3. The summed E-state index contributed by atoms with van der Waals surface area (Å²) >= 11 is 0. The summed E-state index contributed by atoms with van der Waals surface area (Å²) in [5.74, 6) is 1.86. The van der Waals surface area contributed by atoms with Crippen LogP contribution in [0.5, 0.6) is 11.5 Å². The van der Waals surface area contributed by atoms with E-state index in [9.17, 15) is 10.1 Å². The van der Waals surface area contributed by atoms with E-state index in [0.717, 1.165) is 5.56 Å². The zero-order valence-electron chi connectivity index (χ0n) is 19.3. The summed E-state index contributed by atoms with van der Waals surface area (Å²) in [5.41, 5.74) is 1.73. The van der Waals surface area contributed by atoms with Crippen LogP contribution >= 0.6 is 0 Å². The number of aliphatic hydroxyl groups is 1. The number of hydrogen-bond acceptors (Lipinski definition) is 11. The van der Waals surface area contributed by atoms with Crippen molar-refractivity contribution in [1.29, 1.82) is 0 Å². The number of rotatable bonds is 12. The highest BCUT2D eigenvalue weighted by Crippen LogP contribution is 2.40. The molecule has 0 aliphatic heterocycles. The Labute approximate surface area is 200 Å². The van der Waals surface area contributed by atoms with E-state index in [2.05, 4.69) is 15.6 Å². The molecule has 35 heavy (non-hydrogen) atoms. The molecular weight excluding hydrogens is 458 g/mol. The van der Waals surface area contributed by atoms with Crippen LogP contribution in [0.15, 0.2) is 51.7 Å². The minimum atomic E-state index is -0.525. The van der Waals surface area contributed by atoms with Crippen LogP contribution in [0.25, 0.3) is 11.0 Å². The number of furan rings is 1. The maximum atomic E-state index is 11.9. The first-order valence-electron chi connectivity index (χ1n) is 10.8. The first-order valence-corrected chi connectivity index (χ1v) is 10.8. The third-order valence-corrected chi connectivity index (χ3v) is 5.41. The first kappa shape index (κ1) is 23.8. The SMILES string of the molecule is COc1ccc(CN(Cc2ccco2)c2cc(NCCCO)c([N+](=O)[O-])c3nonc23)cc1OC. The Morgan fingerprint density at radius 3 is 2.60 bits per heavy atom. The standard InChI is InChI=1S/C23H25N5O7/c1-32-19-7-6-15(11-20(19)33-2)13-27(14-16-5-3-10-34-16)18-12-17(24-8-4-9-29)23(28(30)31)22-21(18)25-35-26-22/h3,5-7,10-12,24,29H,4,8-9,13-14H2,1-2H3. The van der Waals surface area contributed by atoms with Gasteiger partial charge >= 0.3 is 5.69 Å². The molecule has 0 amide bonds. The van der Waals surface area contributed by atoms with E-state index in [4.69, 9.17) is 23.6 Å². The molecule has 184 valence electrons. The van der Waals surface area contributed by atoms with Gasteiger partial charge in [-0.3, -0.25) is 10.1 Å². The molecule has 0 radical (unpaired) electrons. The Balaban J connectivity index is 1.81. The van der Waals surface area contributed by atoms with Gasteiger partial charge in [-0.05, 0) is 52.6 Å². The molecule has 4 rings (SSSR count). The van der Waals surface area contributed by atoms with Gasteiger partial charge in [0, 0.05) is 19.7 Å². The lowest BCUT2D eigenvalue weighted by Gasteiger charge is -2.25. The van der Waals surface area contributed by atoms with Gasteiger partial charge < -0.3 is 29.2 Å². The number of aromatic nitrogens is 2. The highest BCUT2D eigenvalue weighted by molar-refractivity contribution is 5.99. The molecule has 2 heterocycles. The molecule has 0 aliphatic rings. The Hall–Kier alpha value is -4.32. The van der Waals surface area contributed by atoms with Crippen LogP contribution in [0.3, 0.4) is 0 Å². The van der Waals surface area contributed by atoms with E-state index in [1.54, 1.807) is 32.6 Å². The number of nitrogens with one attached hydrogen (secondary N) is 1. The quantitative estimate of drug-likeness (QED) is 0.172. The monoisotopic (exact) mass is 483 g/mol. The molecule has 0 unspecified atom stereocenters. The average Bonchev–Trinajstić information content (AvgIpc) is 3.55. The van der Waals surface area contributed by atoms with Crippen LogP contribution in [0, 0.1) is 10.1 Å². The molecule has 0 atom stereocenters. The second-order valence-electron chi connectivity index (χ2n) is 7.64. The number of hydrogen-bond donors (Lipinski definition) is 2. The topological polar surface area (TPSA) is 149 Å². The Kier molecular flexibility index (Phi) is 7.31. The van der Waals surface area contributed by atoms with Crippen molar-refractivity contribution in [2.24, 2.45) is 0 Å². The molecule has 2 aromatic carbocycles. The van der Waals surface area contributed by atoms with Crippen molar-refractivity contribution < 1.29 is 28.5 Å². The van der Waals surface area contributed by atoms with Gasteiger partial charge in [0.05, 0.1) is 37.6 Å². The summed E-state index contributed by atoms with van der Waals surface area (Å²) in [5, 5.41) is 31.9. The van der Waals surface area contributed by atoms with Crippen LogP contribution in [-0.2, 0) is 13.1 Å². The highest BCUT2D eigenvalue weighted by atomic mass is 16.6. The van der Waals surface area contributed by atoms with Crippen LogP contribution in [0.1, 0.15) is 17.7 Å². The van der Waals surface area contributed by atoms with Gasteiger partial charge in [0.1, 0.15) is 11.4 Å². The molecule has 12 heteroatoms. The Bertz CT molecular complexity index is 1290. The van der Waals surface area contributed by atoms with Crippen molar-refractivity contribution in [3.63, 3.8) is 0 Å². The third-order valence-electron chi connectivity index (χ3n) is 5.41. The van der Waals surface area contributed by atoms with Crippen molar-refractivity contribution in [3.05, 3.63) is 64.1 Å². The number of ether oxygens (including phenoxy) is 2. The molecule has 0 aliphatic carbocycles. The van der Waals surface area contributed by atoms with Crippen LogP contribution in [0.2, 0.25) is 0 Å². The number of methoxy groups -OCH3 is 2. The predicted octanol–water partition coefficient (Wildman–Crippen LogP) is 3.74. The third kappa shape index (κ3) is 5.11. The van der Waals surface area contributed by atoms with Crippen molar-refractivity contribution in [1.82, 2.24) is 10.3 Å². The lowest BCUT2D eigenvalue weighted by atomic mass is 10.1. The smallest absolute Gasteiger partial charge is 0.323 e. The first-order chi connectivity index (χ1) is 17.0. The van der Waals surface area contributed by atoms with Crippen LogP contribution < -0.4 is 19.7 Å². The van der Waals surface area contributed by atoms with Gasteiger partial charge in [0.25, 0.3) is 0 Å². The van der Waals surface area contributed by atoms with Crippen molar-refractivity contribution in [3.8, 4) is 11.5 Å². The normalized spacial score (nSPS) is 10.9. The maximum absolute atomic E-state index is 11.9. The van der Waals surface area contributed by atoms with E-state index >= 15 is 0 Å². The van der Waals surface area contributed by atoms with Gasteiger partial charge in [-0.1, -0.05) is 6.07 Å². The molecule has 0 bridgehead atoms. The Morgan fingerprint density at radius 1 is 1.11 bits per heavy atom. The van der Waals surface area contributed by atoms with Crippen molar-refractivity contribution in [2.75, 3.05) is 37.6 Å². The van der Waals surface area contributed by atoms with E-state index in [1.807, 2.05) is 29.2 Å². The van der Waals surface area contributed by atoms with Crippen LogP contribution in [0.4, 0.5) is 17.1 Å². The van der Waals surface area contributed by atoms with Gasteiger partial charge in [-0.15, -0.1) is 0 Å². The van der Waals surface area contributed by atoms with Crippen LogP contribution in [-0.4, -0.2) is 47.7 Å². The highest BCUT2D eigenvalue weighted by Gasteiger charge is 2.28. The molecule has 0 fully saturated rings. The maximum Gasteiger partial charge on any atom is 0.323 e. The van der Waals surface area contributed by atoms with Gasteiger partial charge in [-0.25, -0.2) is 4.63 Å². The zero-order chi connectivity index (χ0) is 24.8. The minimum absolute atomic E-state index is 0.0238. The van der Waals surface area contributed by atoms with Gasteiger partial charge in [0.2, 0.25) is 5.52 Å². The predicted molar refractivity (Wildman–Crippen MR) is 127 cm³/mol. The van der Waals surface area contributed by atoms with Gasteiger partial charge in [0.15, 0.2) is 17.0 Å². The minimum Gasteiger partial charge on any atom is -0.493 e. The lowest BCUT2D eigenvalue weighted by Crippen LogP contribution is -2.23. The molecule has 2 aromatic heterocycles. The average molecular weight is 483 g/mol. The van der Waals surface area contributed by atoms with Crippen molar-refractivity contribution >= 4 is 28.1 Å². The van der Waals surface area contributed by atoms with E-state index in [1.165, 1.54) is 0 Å². The molecule has 4 aromatic rings. The summed E-state index contributed by atoms with van der Waals surface area (Å²) in [6.07, 6.45) is 2.00. The number of aliphatic hydroxyl groups excluding tert-OH is 1. The van der Waals surface area contributed by atoms with Gasteiger partial charge in [-0.2, -0.15) is 0 Å². The fourth-order valence-corrected chi connectivity index (χ4v) is 3.79. The summed E-state index contributed by atoms with van der Waals surface area (Å²) in [4.78, 5) is 13.3. The van der Waals surface area contributed by atoms with E-state index < -0.39 is 4.92 Å². The number of benzene rings is 2. The summed E-state index contributed by atoms with van der Waals surface area (Å²) in [6.45, 7) is 1.01. The van der Waals surface area contributed by atoms with E-state index in [0.29, 0.717) is 49.0 Å². The molecule has 0 saturated carbocycles. The molecular formula is C23H25N5O7. The summed E-state index contributed by atoms with van der Waals surface area (Å²) < 4.78 is 21.3. The fourth-order valence-electron chi connectivity index (χ4n) is 3.79. The van der Waals surface area contributed by atoms with Crippen molar-refractivity contribution in [2.45, 2.75) is 19.5 Å². The summed E-state index contributed by atoms with van der Waals surface area (Å²) in [7, 11) is 3.13. The molecule has 2 N–H and O–H groups in total. The number of nitro benzene ring substituents is 1. The lowest BCUT2D eigenvalue weighted by molar-refractivity contribution is -0.382. The molecule has 0 spiro atoms. The number of fused-ring (bicyclic) bond motifs is 1. The number of nitro groups is 1. The number of nitrogens with zero attached hydrogens (tertiary/aromatic N) is 4. The van der Waals surface area contributed by atoms with E-state index in [-0.39, 0.29) is 29.0 Å². The largest absolute Gasteiger partial charge is 0.493 e. The molecule has 12 nitrogen and oxygen atoms in total.